The normalized spacial score (nSPS) is 17.1. The van der Waals surface area contributed by atoms with Gasteiger partial charge < -0.3 is 10.2 Å². The van der Waals surface area contributed by atoms with Gasteiger partial charge >= 0.3 is 6.03 Å². The molecule has 2 aromatic rings. The summed E-state index contributed by atoms with van der Waals surface area (Å²) in [6.07, 6.45) is 0. The van der Waals surface area contributed by atoms with Crippen molar-refractivity contribution in [2.45, 2.75) is 17.9 Å². The van der Waals surface area contributed by atoms with Gasteiger partial charge in [0.1, 0.15) is 0 Å². The first-order valence-corrected chi connectivity index (χ1v) is 11.3. The first-order chi connectivity index (χ1) is 12.4. The second-order valence-corrected chi connectivity index (χ2v) is 9.87. The van der Waals surface area contributed by atoms with Gasteiger partial charge in [-0.25, -0.2) is 13.2 Å². The third-order valence-corrected chi connectivity index (χ3v) is 7.71. The van der Waals surface area contributed by atoms with Gasteiger partial charge in [-0.2, -0.15) is 4.31 Å². The fraction of sp³-hybridized carbons (Fsp3) is 0.353. The highest BCUT2D eigenvalue weighted by atomic mass is 79.9. The van der Waals surface area contributed by atoms with Crippen LogP contribution >= 0.6 is 27.3 Å². The number of urea groups is 1. The van der Waals surface area contributed by atoms with E-state index in [2.05, 4.69) is 21.2 Å². The molecule has 1 aromatic carbocycles. The van der Waals surface area contributed by atoms with E-state index in [9.17, 15) is 13.2 Å². The molecule has 2 heterocycles. The maximum absolute atomic E-state index is 12.7. The second kappa shape index (κ2) is 8.08. The maximum atomic E-state index is 12.7. The Labute approximate surface area is 166 Å². The zero-order chi connectivity index (χ0) is 18.7. The molecule has 1 aliphatic rings. The van der Waals surface area contributed by atoms with Crippen LogP contribution in [0.25, 0.3) is 0 Å². The monoisotopic (exact) mass is 457 g/mol. The number of thiophene rings is 1. The van der Waals surface area contributed by atoms with Gasteiger partial charge in [0.25, 0.3) is 0 Å². The van der Waals surface area contributed by atoms with Crippen molar-refractivity contribution in [1.82, 2.24) is 14.5 Å². The van der Waals surface area contributed by atoms with Crippen molar-refractivity contribution < 1.29 is 13.2 Å². The molecule has 1 saturated heterocycles. The number of carbonyl (C=O) groups is 1. The average Bonchev–Trinajstić information content (AvgIpc) is 3.16. The molecule has 0 aliphatic carbocycles. The van der Waals surface area contributed by atoms with Crippen molar-refractivity contribution in [2.75, 3.05) is 26.2 Å². The Morgan fingerprint density at radius 3 is 2.54 bits per heavy atom. The Morgan fingerprint density at radius 1 is 1.19 bits per heavy atom. The van der Waals surface area contributed by atoms with Gasteiger partial charge in [-0.1, -0.05) is 28.1 Å². The van der Waals surface area contributed by atoms with Crippen LogP contribution < -0.4 is 5.32 Å². The average molecular weight is 458 g/mol. The number of nitrogens with zero attached hydrogens (tertiary/aromatic N) is 2. The van der Waals surface area contributed by atoms with Gasteiger partial charge in [-0.15, -0.1) is 11.3 Å². The van der Waals surface area contributed by atoms with E-state index in [4.69, 9.17) is 0 Å². The molecule has 1 N–H and O–H groups in total. The topological polar surface area (TPSA) is 69.7 Å². The van der Waals surface area contributed by atoms with E-state index in [1.54, 1.807) is 40.5 Å². The quantitative estimate of drug-likeness (QED) is 0.765. The van der Waals surface area contributed by atoms with Crippen LogP contribution in [0.5, 0.6) is 0 Å². The predicted molar refractivity (Wildman–Crippen MR) is 106 cm³/mol. The largest absolute Gasteiger partial charge is 0.331 e. The fourth-order valence-electron chi connectivity index (χ4n) is 2.79. The molecule has 0 spiro atoms. The molecule has 0 bridgehead atoms. The number of sulfonamides is 1. The van der Waals surface area contributed by atoms with Crippen LogP contribution in [0.15, 0.2) is 51.1 Å². The Morgan fingerprint density at radius 2 is 1.92 bits per heavy atom. The van der Waals surface area contributed by atoms with Crippen LogP contribution in [0.1, 0.15) is 17.8 Å². The molecule has 0 unspecified atom stereocenters. The summed E-state index contributed by atoms with van der Waals surface area (Å²) in [7, 11) is -3.55. The highest BCUT2D eigenvalue weighted by molar-refractivity contribution is 9.10. The van der Waals surface area contributed by atoms with Crippen LogP contribution in [-0.4, -0.2) is 49.8 Å². The van der Waals surface area contributed by atoms with Crippen molar-refractivity contribution >= 4 is 43.3 Å². The maximum Gasteiger partial charge on any atom is 0.317 e. The molecule has 2 amide bonds. The molecule has 1 atom stereocenters. The lowest BCUT2D eigenvalue weighted by Gasteiger charge is -2.34. The summed E-state index contributed by atoms with van der Waals surface area (Å²) in [4.78, 5) is 15.4. The van der Waals surface area contributed by atoms with E-state index in [0.717, 1.165) is 9.35 Å². The van der Waals surface area contributed by atoms with Crippen LogP contribution in [-0.2, 0) is 10.0 Å². The smallest absolute Gasteiger partial charge is 0.317 e. The van der Waals surface area contributed by atoms with Crippen molar-refractivity contribution in [2.24, 2.45) is 0 Å². The van der Waals surface area contributed by atoms with E-state index in [1.807, 2.05) is 24.4 Å². The third kappa shape index (κ3) is 4.28. The molecule has 0 saturated carbocycles. The summed E-state index contributed by atoms with van der Waals surface area (Å²) in [5.41, 5.74) is 0. The molecular formula is C17H20BrN3O3S2. The van der Waals surface area contributed by atoms with E-state index in [-0.39, 0.29) is 30.1 Å². The lowest BCUT2D eigenvalue weighted by molar-refractivity contribution is 0.169. The van der Waals surface area contributed by atoms with Crippen molar-refractivity contribution in [3.63, 3.8) is 0 Å². The SMILES string of the molecule is C[C@@H](NC(=O)N1CCN(S(=O)(=O)c2cccc(Br)c2)CC1)c1cccs1. The zero-order valence-electron chi connectivity index (χ0n) is 14.3. The Kier molecular flexibility index (Phi) is 6.01. The minimum Gasteiger partial charge on any atom is -0.331 e. The number of piperazine rings is 1. The minimum atomic E-state index is -3.55. The molecule has 140 valence electrons. The summed E-state index contributed by atoms with van der Waals surface area (Å²) in [6.45, 7) is 3.26. The highest BCUT2D eigenvalue weighted by Crippen LogP contribution is 2.22. The van der Waals surface area contributed by atoms with Crippen molar-refractivity contribution in [3.8, 4) is 0 Å². The van der Waals surface area contributed by atoms with Crippen LogP contribution in [0.3, 0.4) is 0 Å². The predicted octanol–water partition coefficient (Wildman–Crippen LogP) is 3.29. The number of halogens is 1. The number of hydrogen-bond donors (Lipinski definition) is 1. The number of amides is 2. The van der Waals surface area contributed by atoms with Gasteiger partial charge in [-0.3, -0.25) is 0 Å². The summed E-state index contributed by atoms with van der Waals surface area (Å²) < 4.78 is 27.6. The number of benzene rings is 1. The van der Waals surface area contributed by atoms with Gasteiger partial charge in [-0.05, 0) is 36.6 Å². The molecule has 6 nitrogen and oxygen atoms in total. The third-order valence-electron chi connectivity index (χ3n) is 4.27. The molecule has 3 rings (SSSR count). The summed E-state index contributed by atoms with van der Waals surface area (Å²) >= 11 is 4.90. The first kappa shape index (κ1) is 19.3. The van der Waals surface area contributed by atoms with E-state index in [0.29, 0.717) is 13.1 Å². The summed E-state index contributed by atoms with van der Waals surface area (Å²) in [6, 6.07) is 10.4. The number of rotatable bonds is 4. The lowest BCUT2D eigenvalue weighted by Crippen LogP contribution is -2.53. The van der Waals surface area contributed by atoms with E-state index >= 15 is 0 Å². The van der Waals surface area contributed by atoms with Gasteiger partial charge in [0.05, 0.1) is 10.9 Å². The zero-order valence-corrected chi connectivity index (χ0v) is 17.5. The summed E-state index contributed by atoms with van der Waals surface area (Å²) in [5, 5.41) is 4.94. The second-order valence-electron chi connectivity index (χ2n) is 6.04. The van der Waals surface area contributed by atoms with E-state index < -0.39 is 10.0 Å². The number of hydrogen-bond acceptors (Lipinski definition) is 4. The lowest BCUT2D eigenvalue weighted by atomic mass is 10.3. The molecular weight excluding hydrogens is 438 g/mol. The van der Waals surface area contributed by atoms with Crippen LogP contribution in [0, 0.1) is 0 Å². The Bertz CT molecular complexity index is 863. The van der Waals surface area contributed by atoms with Crippen LogP contribution in [0.4, 0.5) is 4.79 Å². The van der Waals surface area contributed by atoms with Crippen LogP contribution in [0.2, 0.25) is 0 Å². The molecule has 9 heteroatoms. The molecule has 1 aromatic heterocycles. The fourth-order valence-corrected chi connectivity index (χ4v) is 5.55. The summed E-state index contributed by atoms with van der Waals surface area (Å²) in [5.74, 6) is 0. The van der Waals surface area contributed by atoms with Gasteiger partial charge in [0.15, 0.2) is 0 Å². The Hall–Kier alpha value is -1.42. The molecule has 1 fully saturated rings. The first-order valence-electron chi connectivity index (χ1n) is 8.22. The van der Waals surface area contributed by atoms with E-state index in [1.165, 1.54) is 4.31 Å². The minimum absolute atomic E-state index is 0.0640. The van der Waals surface area contributed by atoms with Gasteiger partial charge in [0, 0.05) is 35.5 Å². The highest BCUT2D eigenvalue weighted by Gasteiger charge is 2.30. The number of carbonyl (C=O) groups excluding carboxylic acids is 1. The van der Waals surface area contributed by atoms with Crippen molar-refractivity contribution in [1.29, 1.82) is 0 Å². The molecule has 1 aliphatic heterocycles. The standard InChI is InChI=1S/C17H20BrN3O3S2/c1-13(16-6-3-11-25-16)19-17(22)20-7-9-21(10-8-20)26(23,24)15-5-2-4-14(18)12-15/h2-6,11-13H,7-10H2,1H3,(H,19,22)/t13-/m1/s1. The number of nitrogens with one attached hydrogen (secondary N) is 1. The van der Waals surface area contributed by atoms with Crippen molar-refractivity contribution in [3.05, 3.63) is 51.1 Å². The molecule has 26 heavy (non-hydrogen) atoms. The van der Waals surface area contributed by atoms with Gasteiger partial charge in [0.2, 0.25) is 10.0 Å². The Balaban J connectivity index is 1.59. The molecule has 0 radical (unpaired) electrons.